The van der Waals surface area contributed by atoms with Gasteiger partial charge in [-0.1, -0.05) is 31.9 Å². The lowest BCUT2D eigenvalue weighted by molar-refractivity contribution is 0.0741. The first-order valence-corrected chi connectivity index (χ1v) is 7.41. The van der Waals surface area contributed by atoms with E-state index in [0.717, 1.165) is 24.0 Å². The minimum Gasteiger partial charge on any atom is -0.339 e. The van der Waals surface area contributed by atoms with Crippen LogP contribution in [-0.2, 0) is 0 Å². The lowest BCUT2D eigenvalue weighted by Gasteiger charge is -2.24. The Labute approximate surface area is 122 Å². The first-order chi connectivity index (χ1) is 8.49. The third kappa shape index (κ3) is 3.99. The second-order valence-electron chi connectivity index (χ2n) is 4.49. The Morgan fingerprint density at radius 2 is 2.11 bits per heavy atom. The van der Waals surface area contributed by atoms with Gasteiger partial charge in [0.25, 0.3) is 5.91 Å². The van der Waals surface area contributed by atoms with Crippen LogP contribution in [0, 0.1) is 5.92 Å². The molecule has 0 aliphatic rings. The molecule has 1 aromatic carbocycles. The molecule has 0 aliphatic heterocycles. The van der Waals surface area contributed by atoms with Gasteiger partial charge in [-0.05, 0) is 47.0 Å². The summed E-state index contributed by atoms with van der Waals surface area (Å²) in [4.78, 5) is 14.2. The summed E-state index contributed by atoms with van der Waals surface area (Å²) in [5.74, 6) is 0.583. The van der Waals surface area contributed by atoms with Crippen molar-refractivity contribution in [1.29, 1.82) is 0 Å². The van der Waals surface area contributed by atoms with Crippen LogP contribution in [0.3, 0.4) is 0 Å². The van der Waals surface area contributed by atoms with Crippen molar-refractivity contribution >= 4 is 33.4 Å². The number of carbonyl (C=O) groups is 1. The zero-order valence-corrected chi connectivity index (χ0v) is 13.4. The number of amides is 1. The number of halogens is 2. The molecule has 0 N–H and O–H groups in total. The van der Waals surface area contributed by atoms with E-state index in [0.29, 0.717) is 16.5 Å². The van der Waals surface area contributed by atoms with E-state index < -0.39 is 0 Å². The average molecular weight is 333 g/mol. The van der Waals surface area contributed by atoms with Gasteiger partial charge in [0.2, 0.25) is 0 Å². The van der Waals surface area contributed by atoms with E-state index in [1.165, 1.54) is 0 Å². The van der Waals surface area contributed by atoms with E-state index in [-0.39, 0.29) is 5.91 Å². The number of rotatable bonds is 5. The fourth-order valence-electron chi connectivity index (χ4n) is 1.67. The molecule has 2 nitrogen and oxygen atoms in total. The van der Waals surface area contributed by atoms with Crippen molar-refractivity contribution in [3.63, 3.8) is 0 Å². The zero-order chi connectivity index (χ0) is 13.7. The highest BCUT2D eigenvalue weighted by Gasteiger charge is 2.16. The van der Waals surface area contributed by atoms with Gasteiger partial charge in [-0.2, -0.15) is 0 Å². The van der Waals surface area contributed by atoms with E-state index in [1.807, 2.05) is 11.8 Å². The maximum absolute atomic E-state index is 12.4. The van der Waals surface area contributed by atoms with Crippen LogP contribution >= 0.6 is 27.5 Å². The molecule has 1 atom stereocenters. The van der Waals surface area contributed by atoms with Gasteiger partial charge < -0.3 is 4.90 Å². The summed E-state index contributed by atoms with van der Waals surface area (Å²) in [5, 5.41) is 0.622. The Balaban J connectivity index is 2.86. The zero-order valence-electron chi connectivity index (χ0n) is 11.0. The molecule has 1 unspecified atom stereocenters. The van der Waals surface area contributed by atoms with Gasteiger partial charge in [0.1, 0.15) is 0 Å². The van der Waals surface area contributed by atoms with Crippen LogP contribution in [0.15, 0.2) is 22.7 Å². The van der Waals surface area contributed by atoms with Crippen molar-refractivity contribution in [3.8, 4) is 0 Å². The van der Waals surface area contributed by atoms with E-state index in [4.69, 9.17) is 11.6 Å². The molecule has 1 rings (SSSR count). The smallest absolute Gasteiger partial charge is 0.253 e. The normalized spacial score (nSPS) is 12.3. The lowest BCUT2D eigenvalue weighted by Crippen LogP contribution is -2.34. The Morgan fingerprint density at radius 1 is 1.44 bits per heavy atom. The third-order valence-electron chi connectivity index (χ3n) is 3.06. The molecule has 0 saturated carbocycles. The minimum absolute atomic E-state index is 0.0650. The van der Waals surface area contributed by atoms with Crippen LogP contribution in [0.25, 0.3) is 0 Å². The molecule has 0 aromatic heterocycles. The molecule has 0 aliphatic carbocycles. The minimum atomic E-state index is 0.0650. The average Bonchev–Trinajstić information content (AvgIpc) is 2.38. The van der Waals surface area contributed by atoms with E-state index >= 15 is 0 Å². The molecule has 1 amide bonds. The Morgan fingerprint density at radius 3 is 2.61 bits per heavy atom. The van der Waals surface area contributed by atoms with Crippen molar-refractivity contribution in [1.82, 2.24) is 4.90 Å². The molecule has 18 heavy (non-hydrogen) atoms. The Kier molecular flexibility index (Phi) is 6.16. The summed E-state index contributed by atoms with van der Waals surface area (Å²) in [6, 6.07) is 5.30. The molecule has 100 valence electrons. The van der Waals surface area contributed by atoms with Gasteiger partial charge in [-0.25, -0.2) is 0 Å². The second-order valence-corrected chi connectivity index (χ2v) is 5.75. The monoisotopic (exact) mass is 331 g/mol. The summed E-state index contributed by atoms with van der Waals surface area (Å²) >= 11 is 9.28. The molecule has 0 radical (unpaired) electrons. The SMILES string of the molecule is CCC(C)CN(CC)C(=O)c1ccc(Cl)c(Br)c1. The van der Waals surface area contributed by atoms with Gasteiger partial charge in [0.15, 0.2) is 0 Å². The molecular formula is C14H19BrClNO. The predicted molar refractivity (Wildman–Crippen MR) is 80.2 cm³/mol. The number of nitrogens with zero attached hydrogens (tertiary/aromatic N) is 1. The quantitative estimate of drug-likeness (QED) is 0.771. The maximum Gasteiger partial charge on any atom is 0.253 e. The highest BCUT2D eigenvalue weighted by molar-refractivity contribution is 9.10. The van der Waals surface area contributed by atoms with Crippen molar-refractivity contribution in [3.05, 3.63) is 33.3 Å². The largest absolute Gasteiger partial charge is 0.339 e. The summed E-state index contributed by atoms with van der Waals surface area (Å²) < 4.78 is 0.759. The van der Waals surface area contributed by atoms with Gasteiger partial charge in [-0.3, -0.25) is 4.79 Å². The van der Waals surface area contributed by atoms with Crippen LogP contribution in [0.1, 0.15) is 37.6 Å². The molecule has 0 heterocycles. The van der Waals surface area contributed by atoms with Crippen LogP contribution in [0.4, 0.5) is 0 Å². The lowest BCUT2D eigenvalue weighted by atomic mass is 10.1. The van der Waals surface area contributed by atoms with E-state index in [1.54, 1.807) is 18.2 Å². The highest BCUT2D eigenvalue weighted by atomic mass is 79.9. The number of benzene rings is 1. The fraction of sp³-hybridized carbons (Fsp3) is 0.500. The summed E-state index contributed by atoms with van der Waals surface area (Å²) in [6.07, 6.45) is 1.08. The first-order valence-electron chi connectivity index (χ1n) is 6.23. The maximum atomic E-state index is 12.4. The molecule has 0 fully saturated rings. The van der Waals surface area contributed by atoms with Crippen molar-refractivity contribution in [2.45, 2.75) is 27.2 Å². The molecule has 0 spiro atoms. The predicted octanol–water partition coefficient (Wildman–Crippen LogP) is 4.61. The van der Waals surface area contributed by atoms with Crippen molar-refractivity contribution in [2.24, 2.45) is 5.92 Å². The van der Waals surface area contributed by atoms with E-state index in [2.05, 4.69) is 29.8 Å². The van der Waals surface area contributed by atoms with E-state index in [9.17, 15) is 4.79 Å². The van der Waals surface area contributed by atoms with Gasteiger partial charge in [0.05, 0.1) is 5.02 Å². The third-order valence-corrected chi connectivity index (χ3v) is 4.28. The number of carbonyl (C=O) groups excluding carboxylic acids is 1. The fourth-order valence-corrected chi connectivity index (χ4v) is 2.17. The van der Waals surface area contributed by atoms with Crippen molar-refractivity contribution < 1.29 is 4.79 Å². The van der Waals surface area contributed by atoms with Crippen LogP contribution in [0.5, 0.6) is 0 Å². The van der Waals surface area contributed by atoms with Crippen LogP contribution in [0.2, 0.25) is 5.02 Å². The number of hydrogen-bond acceptors (Lipinski definition) is 1. The first kappa shape index (κ1) is 15.5. The summed E-state index contributed by atoms with van der Waals surface area (Å²) in [5.41, 5.74) is 0.677. The van der Waals surface area contributed by atoms with Gasteiger partial charge in [0, 0.05) is 23.1 Å². The molecule has 0 saturated heterocycles. The summed E-state index contributed by atoms with van der Waals surface area (Å²) in [6.45, 7) is 7.83. The topological polar surface area (TPSA) is 20.3 Å². The Hall–Kier alpha value is -0.540. The number of hydrogen-bond donors (Lipinski definition) is 0. The molecule has 1 aromatic rings. The molecule has 0 bridgehead atoms. The summed E-state index contributed by atoms with van der Waals surface area (Å²) in [7, 11) is 0. The Bertz CT molecular complexity index is 422. The standard InChI is InChI=1S/C14H19BrClNO/c1-4-10(3)9-17(5-2)14(18)11-6-7-13(16)12(15)8-11/h6-8,10H,4-5,9H2,1-3H3. The highest BCUT2D eigenvalue weighted by Crippen LogP contribution is 2.24. The van der Waals surface area contributed by atoms with Gasteiger partial charge >= 0.3 is 0 Å². The molecular weight excluding hydrogens is 314 g/mol. The molecule has 4 heteroatoms. The van der Waals surface area contributed by atoms with Gasteiger partial charge in [-0.15, -0.1) is 0 Å². The van der Waals surface area contributed by atoms with Crippen LogP contribution < -0.4 is 0 Å². The second kappa shape index (κ2) is 7.15. The van der Waals surface area contributed by atoms with Crippen LogP contribution in [-0.4, -0.2) is 23.9 Å². The van der Waals surface area contributed by atoms with Crippen molar-refractivity contribution in [2.75, 3.05) is 13.1 Å².